The summed E-state index contributed by atoms with van der Waals surface area (Å²) in [4.78, 5) is 23.8. The number of ether oxygens (including phenoxy) is 2. The van der Waals surface area contributed by atoms with E-state index in [9.17, 15) is 9.59 Å². The van der Waals surface area contributed by atoms with Crippen LogP contribution in [0.3, 0.4) is 0 Å². The van der Waals surface area contributed by atoms with Crippen molar-refractivity contribution in [3.05, 3.63) is 41.6 Å². The number of esters is 1. The maximum absolute atomic E-state index is 12.4. The first-order valence-corrected chi connectivity index (χ1v) is 7.29. The summed E-state index contributed by atoms with van der Waals surface area (Å²) in [6.45, 7) is 4.82. The van der Waals surface area contributed by atoms with E-state index in [0.29, 0.717) is 35.8 Å². The summed E-state index contributed by atoms with van der Waals surface area (Å²) in [5, 5.41) is 6.96. The number of hydrogen-bond donors (Lipinski definition) is 1. The standard InChI is InChI=1S/C16H19N3O4/c1-4-19-10-13(15(18-19)23-5-2)14(20)17-12-8-6-11(7-9-12)16(21)22-3/h6-10H,4-5H2,1-3H3,(H,17,20). The van der Waals surface area contributed by atoms with Gasteiger partial charge in [-0.2, -0.15) is 0 Å². The van der Waals surface area contributed by atoms with Gasteiger partial charge in [-0.25, -0.2) is 4.79 Å². The first kappa shape index (κ1) is 16.5. The monoisotopic (exact) mass is 317 g/mol. The zero-order chi connectivity index (χ0) is 16.8. The molecule has 0 spiro atoms. The van der Waals surface area contributed by atoms with Crippen LogP contribution >= 0.6 is 0 Å². The lowest BCUT2D eigenvalue weighted by Gasteiger charge is -2.06. The van der Waals surface area contributed by atoms with Gasteiger partial charge in [-0.3, -0.25) is 9.48 Å². The Labute approximate surface area is 134 Å². The van der Waals surface area contributed by atoms with Gasteiger partial charge < -0.3 is 14.8 Å². The van der Waals surface area contributed by atoms with E-state index in [1.165, 1.54) is 7.11 Å². The van der Waals surface area contributed by atoms with Crippen LogP contribution in [0.2, 0.25) is 0 Å². The van der Waals surface area contributed by atoms with Crippen LogP contribution in [0.25, 0.3) is 0 Å². The van der Waals surface area contributed by atoms with E-state index in [-0.39, 0.29) is 5.91 Å². The number of methoxy groups -OCH3 is 1. The minimum absolute atomic E-state index is 0.304. The molecule has 1 aromatic carbocycles. The zero-order valence-corrected chi connectivity index (χ0v) is 13.3. The molecule has 0 bridgehead atoms. The largest absolute Gasteiger partial charge is 0.476 e. The van der Waals surface area contributed by atoms with Crippen molar-refractivity contribution in [1.82, 2.24) is 9.78 Å². The Bertz CT molecular complexity index is 692. The number of amides is 1. The number of carbonyl (C=O) groups excluding carboxylic acids is 2. The molecule has 0 aliphatic heterocycles. The fourth-order valence-electron chi connectivity index (χ4n) is 1.97. The predicted molar refractivity (Wildman–Crippen MR) is 84.8 cm³/mol. The van der Waals surface area contributed by atoms with Crippen molar-refractivity contribution >= 4 is 17.6 Å². The van der Waals surface area contributed by atoms with Crippen LogP contribution in [0.4, 0.5) is 5.69 Å². The molecule has 7 heteroatoms. The van der Waals surface area contributed by atoms with Crippen molar-refractivity contribution in [1.29, 1.82) is 0 Å². The second-order valence-corrected chi connectivity index (χ2v) is 4.66. The van der Waals surface area contributed by atoms with Crippen molar-refractivity contribution in [2.45, 2.75) is 20.4 Å². The van der Waals surface area contributed by atoms with Crippen LogP contribution in [0.1, 0.15) is 34.6 Å². The molecule has 0 aliphatic rings. The Morgan fingerprint density at radius 2 is 1.91 bits per heavy atom. The molecular formula is C16H19N3O4. The molecule has 2 aromatic rings. The average Bonchev–Trinajstić information content (AvgIpc) is 2.98. The van der Waals surface area contributed by atoms with E-state index < -0.39 is 5.97 Å². The summed E-state index contributed by atoms with van der Waals surface area (Å²) in [6.07, 6.45) is 1.64. The Morgan fingerprint density at radius 3 is 2.48 bits per heavy atom. The topological polar surface area (TPSA) is 82.5 Å². The molecule has 0 aliphatic carbocycles. The number of nitrogens with zero attached hydrogens (tertiary/aromatic N) is 2. The van der Waals surface area contributed by atoms with Crippen LogP contribution in [-0.4, -0.2) is 35.4 Å². The van der Waals surface area contributed by atoms with Crippen LogP contribution in [0, 0.1) is 0 Å². The third kappa shape index (κ3) is 3.88. The summed E-state index contributed by atoms with van der Waals surface area (Å²) >= 11 is 0. The van der Waals surface area contributed by atoms with Gasteiger partial charge in [0.2, 0.25) is 5.88 Å². The predicted octanol–water partition coefficient (Wildman–Crippen LogP) is 2.34. The summed E-state index contributed by atoms with van der Waals surface area (Å²) in [5.41, 5.74) is 1.35. The van der Waals surface area contributed by atoms with Crippen molar-refractivity contribution in [2.75, 3.05) is 19.0 Å². The fraction of sp³-hybridized carbons (Fsp3) is 0.312. The highest BCUT2D eigenvalue weighted by Crippen LogP contribution is 2.19. The van der Waals surface area contributed by atoms with Gasteiger partial charge in [-0.05, 0) is 38.1 Å². The highest BCUT2D eigenvalue weighted by Gasteiger charge is 2.17. The van der Waals surface area contributed by atoms with Gasteiger partial charge in [0.25, 0.3) is 5.91 Å². The first-order valence-electron chi connectivity index (χ1n) is 7.29. The van der Waals surface area contributed by atoms with Gasteiger partial charge >= 0.3 is 5.97 Å². The van der Waals surface area contributed by atoms with E-state index in [4.69, 9.17) is 4.74 Å². The van der Waals surface area contributed by atoms with Crippen LogP contribution in [0.15, 0.2) is 30.5 Å². The molecule has 122 valence electrons. The highest BCUT2D eigenvalue weighted by atomic mass is 16.5. The Balaban J connectivity index is 2.15. The van der Waals surface area contributed by atoms with E-state index in [2.05, 4.69) is 15.2 Å². The number of aryl methyl sites for hydroxylation is 1. The maximum Gasteiger partial charge on any atom is 0.337 e. The summed E-state index contributed by atoms with van der Waals surface area (Å²) in [6, 6.07) is 6.43. The summed E-state index contributed by atoms with van der Waals surface area (Å²) in [7, 11) is 1.32. The molecule has 0 radical (unpaired) electrons. The molecule has 1 aromatic heterocycles. The van der Waals surface area contributed by atoms with Gasteiger partial charge in [-0.1, -0.05) is 0 Å². The summed E-state index contributed by atoms with van der Waals surface area (Å²) in [5.74, 6) is -0.442. The van der Waals surface area contributed by atoms with Crippen LogP contribution in [-0.2, 0) is 11.3 Å². The van der Waals surface area contributed by atoms with Crippen LogP contribution in [0.5, 0.6) is 5.88 Å². The van der Waals surface area contributed by atoms with Gasteiger partial charge in [-0.15, -0.1) is 5.10 Å². The minimum atomic E-state index is -0.425. The number of aromatic nitrogens is 2. The number of nitrogens with one attached hydrogen (secondary N) is 1. The lowest BCUT2D eigenvalue weighted by molar-refractivity contribution is 0.0600. The lowest BCUT2D eigenvalue weighted by atomic mass is 10.2. The van der Waals surface area contributed by atoms with Gasteiger partial charge in [0, 0.05) is 18.4 Å². The van der Waals surface area contributed by atoms with Crippen molar-refractivity contribution < 1.29 is 19.1 Å². The Kier molecular flexibility index (Phi) is 5.35. The van der Waals surface area contributed by atoms with Crippen molar-refractivity contribution in [3.8, 4) is 5.88 Å². The molecular weight excluding hydrogens is 298 g/mol. The van der Waals surface area contributed by atoms with E-state index in [0.717, 1.165) is 0 Å². The normalized spacial score (nSPS) is 10.2. The smallest absolute Gasteiger partial charge is 0.337 e. The number of anilines is 1. The number of carbonyl (C=O) groups is 2. The second-order valence-electron chi connectivity index (χ2n) is 4.66. The SMILES string of the molecule is CCOc1nn(CC)cc1C(=O)Nc1ccc(C(=O)OC)cc1. The van der Waals surface area contributed by atoms with Gasteiger partial charge in [0.05, 0.1) is 19.3 Å². The lowest BCUT2D eigenvalue weighted by Crippen LogP contribution is -2.13. The molecule has 0 fully saturated rings. The minimum Gasteiger partial charge on any atom is -0.476 e. The quantitative estimate of drug-likeness (QED) is 0.827. The Hall–Kier alpha value is -2.83. The van der Waals surface area contributed by atoms with Crippen molar-refractivity contribution in [3.63, 3.8) is 0 Å². The summed E-state index contributed by atoms with van der Waals surface area (Å²) < 4.78 is 11.7. The molecule has 0 atom stereocenters. The second kappa shape index (κ2) is 7.44. The number of hydrogen-bond acceptors (Lipinski definition) is 5. The third-order valence-corrected chi connectivity index (χ3v) is 3.14. The number of benzene rings is 1. The molecule has 1 amide bonds. The molecule has 7 nitrogen and oxygen atoms in total. The van der Waals surface area contributed by atoms with Crippen LogP contribution < -0.4 is 10.1 Å². The van der Waals surface area contributed by atoms with Crippen molar-refractivity contribution in [2.24, 2.45) is 0 Å². The Morgan fingerprint density at radius 1 is 1.22 bits per heavy atom. The average molecular weight is 317 g/mol. The fourth-order valence-corrected chi connectivity index (χ4v) is 1.97. The molecule has 1 N–H and O–H groups in total. The molecule has 0 unspecified atom stereocenters. The maximum atomic E-state index is 12.4. The highest BCUT2D eigenvalue weighted by molar-refractivity contribution is 6.05. The first-order chi connectivity index (χ1) is 11.1. The molecule has 2 rings (SSSR count). The molecule has 23 heavy (non-hydrogen) atoms. The molecule has 0 saturated carbocycles. The van der Waals surface area contributed by atoms with E-state index in [1.807, 2.05) is 13.8 Å². The van der Waals surface area contributed by atoms with Gasteiger partial charge in [0.15, 0.2) is 0 Å². The zero-order valence-electron chi connectivity index (χ0n) is 13.3. The third-order valence-electron chi connectivity index (χ3n) is 3.14. The molecule has 1 heterocycles. The van der Waals surface area contributed by atoms with E-state index >= 15 is 0 Å². The van der Waals surface area contributed by atoms with Gasteiger partial charge in [0.1, 0.15) is 5.56 Å². The van der Waals surface area contributed by atoms with E-state index in [1.54, 1.807) is 35.1 Å². The number of rotatable bonds is 6. The molecule has 0 saturated heterocycles.